The van der Waals surface area contributed by atoms with Gasteiger partial charge in [0.15, 0.2) is 0 Å². The molecule has 0 aliphatic heterocycles. The number of anilines is 1. The lowest BCUT2D eigenvalue weighted by Crippen LogP contribution is -2.38. The minimum atomic E-state index is 0.215. The Morgan fingerprint density at radius 3 is 2.65 bits per heavy atom. The third kappa shape index (κ3) is 3.96. The predicted octanol–water partition coefficient (Wildman–Crippen LogP) is 3.30. The van der Waals surface area contributed by atoms with Gasteiger partial charge in [-0.15, -0.1) is 0 Å². The number of benzene rings is 1. The lowest BCUT2D eigenvalue weighted by Gasteiger charge is -2.36. The van der Waals surface area contributed by atoms with Crippen LogP contribution in [0.15, 0.2) is 22.7 Å². The van der Waals surface area contributed by atoms with Crippen LogP contribution in [-0.2, 0) is 6.54 Å². The number of aliphatic hydroxyl groups is 1. The second kappa shape index (κ2) is 8.01. The highest BCUT2D eigenvalue weighted by Gasteiger charge is 2.21. The van der Waals surface area contributed by atoms with Crippen molar-refractivity contribution in [2.75, 3.05) is 25.1 Å². The van der Waals surface area contributed by atoms with E-state index >= 15 is 0 Å². The first-order chi connectivity index (χ1) is 9.76. The van der Waals surface area contributed by atoms with Gasteiger partial charge in [0.05, 0.1) is 6.61 Å². The normalized spacial score (nSPS) is 16.4. The fourth-order valence-electron chi connectivity index (χ4n) is 3.07. The summed E-state index contributed by atoms with van der Waals surface area (Å²) in [7, 11) is 1.96. The number of halogens is 1. The van der Waals surface area contributed by atoms with Crippen molar-refractivity contribution in [3.8, 4) is 0 Å². The number of rotatable bonds is 6. The van der Waals surface area contributed by atoms with Gasteiger partial charge in [0, 0.05) is 29.3 Å². The van der Waals surface area contributed by atoms with Crippen LogP contribution in [0.25, 0.3) is 0 Å². The van der Waals surface area contributed by atoms with Gasteiger partial charge in [-0.25, -0.2) is 0 Å². The van der Waals surface area contributed by atoms with E-state index in [0.717, 1.165) is 17.6 Å². The van der Waals surface area contributed by atoms with Gasteiger partial charge in [-0.1, -0.05) is 41.3 Å². The van der Waals surface area contributed by atoms with Crippen LogP contribution < -0.4 is 10.2 Å². The Morgan fingerprint density at radius 1 is 1.30 bits per heavy atom. The van der Waals surface area contributed by atoms with Crippen molar-refractivity contribution < 1.29 is 5.11 Å². The summed E-state index contributed by atoms with van der Waals surface area (Å²) >= 11 is 3.66. The number of nitrogens with one attached hydrogen (secondary N) is 1. The molecule has 1 aromatic carbocycles. The molecular weight excluding hydrogens is 316 g/mol. The summed E-state index contributed by atoms with van der Waals surface area (Å²) in [6.45, 7) is 1.80. The molecule has 1 fully saturated rings. The van der Waals surface area contributed by atoms with Crippen molar-refractivity contribution in [1.29, 1.82) is 0 Å². The third-order valence-electron chi connectivity index (χ3n) is 4.09. The molecule has 0 spiro atoms. The summed E-state index contributed by atoms with van der Waals surface area (Å²) in [6.07, 6.45) is 6.47. The molecule has 2 rings (SSSR count). The van der Waals surface area contributed by atoms with E-state index in [1.165, 1.54) is 43.4 Å². The van der Waals surface area contributed by atoms with Crippen LogP contribution in [0.4, 0.5) is 5.69 Å². The summed E-state index contributed by atoms with van der Waals surface area (Å²) in [5.74, 6) is 0. The second-order valence-electron chi connectivity index (χ2n) is 5.51. The van der Waals surface area contributed by atoms with E-state index in [1.807, 2.05) is 7.05 Å². The zero-order valence-electron chi connectivity index (χ0n) is 12.2. The SMILES string of the molecule is CNCc1ccc(N(CCO)C2CCCCC2)cc1Br. The van der Waals surface area contributed by atoms with E-state index in [0.29, 0.717) is 6.04 Å². The Balaban J connectivity index is 2.17. The third-order valence-corrected chi connectivity index (χ3v) is 4.83. The summed E-state index contributed by atoms with van der Waals surface area (Å²) in [5, 5.41) is 12.6. The molecule has 3 nitrogen and oxygen atoms in total. The van der Waals surface area contributed by atoms with Gasteiger partial charge in [0.25, 0.3) is 0 Å². The maximum absolute atomic E-state index is 9.37. The van der Waals surface area contributed by atoms with Crippen molar-refractivity contribution in [1.82, 2.24) is 5.32 Å². The first kappa shape index (κ1) is 15.8. The average Bonchev–Trinajstić information content (AvgIpc) is 2.48. The molecule has 2 N–H and O–H groups in total. The molecular formula is C16H25BrN2O. The number of nitrogens with zero attached hydrogens (tertiary/aromatic N) is 1. The molecule has 1 aromatic rings. The van der Waals surface area contributed by atoms with Gasteiger partial charge in [0.1, 0.15) is 0 Å². The second-order valence-corrected chi connectivity index (χ2v) is 6.37. The molecule has 1 saturated carbocycles. The molecule has 1 aliphatic rings. The van der Waals surface area contributed by atoms with E-state index in [2.05, 4.69) is 44.3 Å². The van der Waals surface area contributed by atoms with Gasteiger partial charge in [-0.2, -0.15) is 0 Å². The maximum Gasteiger partial charge on any atom is 0.0606 e. The van der Waals surface area contributed by atoms with Crippen LogP contribution in [0.1, 0.15) is 37.7 Å². The molecule has 0 bridgehead atoms. The first-order valence-electron chi connectivity index (χ1n) is 7.56. The Hall–Kier alpha value is -0.580. The highest BCUT2D eigenvalue weighted by molar-refractivity contribution is 9.10. The van der Waals surface area contributed by atoms with Crippen LogP contribution in [0.3, 0.4) is 0 Å². The summed E-state index contributed by atoms with van der Waals surface area (Å²) in [6, 6.07) is 7.12. The number of hydrogen-bond acceptors (Lipinski definition) is 3. The van der Waals surface area contributed by atoms with Crippen LogP contribution >= 0.6 is 15.9 Å². The van der Waals surface area contributed by atoms with Gasteiger partial charge >= 0.3 is 0 Å². The highest BCUT2D eigenvalue weighted by atomic mass is 79.9. The van der Waals surface area contributed by atoms with Gasteiger partial charge in [-0.3, -0.25) is 0 Å². The largest absolute Gasteiger partial charge is 0.395 e. The number of hydrogen-bond donors (Lipinski definition) is 2. The summed E-state index contributed by atoms with van der Waals surface area (Å²) in [4.78, 5) is 2.38. The fourth-order valence-corrected chi connectivity index (χ4v) is 3.58. The zero-order valence-corrected chi connectivity index (χ0v) is 13.8. The highest BCUT2D eigenvalue weighted by Crippen LogP contribution is 2.30. The molecule has 0 unspecified atom stereocenters. The molecule has 0 amide bonds. The average molecular weight is 341 g/mol. The van der Waals surface area contributed by atoms with Crippen LogP contribution in [0.5, 0.6) is 0 Å². The molecule has 0 saturated heterocycles. The molecule has 0 atom stereocenters. The summed E-state index contributed by atoms with van der Waals surface area (Å²) in [5.41, 5.74) is 2.49. The van der Waals surface area contributed by atoms with Crippen molar-refractivity contribution in [2.45, 2.75) is 44.7 Å². The molecule has 20 heavy (non-hydrogen) atoms. The van der Waals surface area contributed by atoms with Crippen molar-refractivity contribution in [3.63, 3.8) is 0 Å². The van der Waals surface area contributed by atoms with E-state index < -0.39 is 0 Å². The van der Waals surface area contributed by atoms with Crippen molar-refractivity contribution in [2.24, 2.45) is 0 Å². The van der Waals surface area contributed by atoms with Crippen LogP contribution in [-0.4, -0.2) is 31.3 Å². The molecule has 0 radical (unpaired) electrons. The Labute approximate surface area is 130 Å². The summed E-state index contributed by atoms with van der Waals surface area (Å²) < 4.78 is 1.14. The molecule has 112 valence electrons. The Bertz CT molecular complexity index is 419. The van der Waals surface area contributed by atoms with E-state index in [-0.39, 0.29) is 6.61 Å². The van der Waals surface area contributed by atoms with E-state index in [9.17, 15) is 5.11 Å². The first-order valence-corrected chi connectivity index (χ1v) is 8.36. The predicted molar refractivity (Wildman–Crippen MR) is 88.2 cm³/mol. The van der Waals surface area contributed by atoms with Crippen molar-refractivity contribution >= 4 is 21.6 Å². The molecule has 4 heteroatoms. The standard InChI is InChI=1S/C16H25BrN2O/c1-18-12-13-7-8-15(11-16(13)17)19(9-10-20)14-5-3-2-4-6-14/h7-8,11,14,18,20H,2-6,9-10,12H2,1H3. The quantitative estimate of drug-likeness (QED) is 0.833. The smallest absolute Gasteiger partial charge is 0.0606 e. The van der Waals surface area contributed by atoms with Gasteiger partial charge < -0.3 is 15.3 Å². The minimum absolute atomic E-state index is 0.215. The lowest BCUT2D eigenvalue weighted by atomic mass is 9.93. The topological polar surface area (TPSA) is 35.5 Å². The molecule has 0 heterocycles. The van der Waals surface area contributed by atoms with Gasteiger partial charge in [-0.05, 0) is 37.6 Å². The van der Waals surface area contributed by atoms with Crippen LogP contribution in [0.2, 0.25) is 0 Å². The fraction of sp³-hybridized carbons (Fsp3) is 0.625. The monoisotopic (exact) mass is 340 g/mol. The van der Waals surface area contributed by atoms with Crippen LogP contribution in [0, 0.1) is 0 Å². The van der Waals surface area contributed by atoms with Crippen molar-refractivity contribution in [3.05, 3.63) is 28.2 Å². The van der Waals surface area contributed by atoms with Gasteiger partial charge in [0.2, 0.25) is 0 Å². The Kier molecular flexibility index (Phi) is 6.33. The Morgan fingerprint density at radius 2 is 2.05 bits per heavy atom. The van der Waals surface area contributed by atoms with E-state index in [1.54, 1.807) is 0 Å². The maximum atomic E-state index is 9.37. The molecule has 1 aliphatic carbocycles. The van der Waals surface area contributed by atoms with E-state index in [4.69, 9.17) is 0 Å². The minimum Gasteiger partial charge on any atom is -0.395 e. The molecule has 0 aromatic heterocycles. The number of aliphatic hydroxyl groups excluding tert-OH is 1. The lowest BCUT2D eigenvalue weighted by molar-refractivity contribution is 0.290. The zero-order chi connectivity index (χ0) is 14.4.